The zero-order chi connectivity index (χ0) is 49.7. The van der Waals surface area contributed by atoms with Crippen LogP contribution in [0.5, 0.6) is 11.5 Å². The number of primary amides is 1. The van der Waals surface area contributed by atoms with Gasteiger partial charge in [-0.25, -0.2) is 14.8 Å². The lowest BCUT2D eigenvalue weighted by atomic mass is 10.1. The van der Waals surface area contributed by atoms with Gasteiger partial charge in [-0.15, -0.1) is 0 Å². The van der Waals surface area contributed by atoms with Crippen LogP contribution in [0.15, 0.2) is 61.0 Å². The molecule has 0 unspecified atom stereocenters. The van der Waals surface area contributed by atoms with Gasteiger partial charge in [0.15, 0.2) is 0 Å². The van der Waals surface area contributed by atoms with E-state index < -0.39 is 35.5 Å². The minimum Gasteiger partial charge on any atom is -0.494 e. The zero-order valence-electron chi connectivity index (χ0n) is 38.8. The number of anilines is 2. The number of imide groups is 1. The van der Waals surface area contributed by atoms with Crippen LogP contribution in [0, 0.1) is 13.8 Å². The monoisotopic (exact) mass is 945 g/mol. The number of carbonyl (C=O) groups is 7. The first-order valence-electron chi connectivity index (χ1n) is 21.9. The van der Waals surface area contributed by atoms with Crippen molar-refractivity contribution in [3.63, 3.8) is 0 Å². The number of nitrogens with zero attached hydrogens (tertiary/aromatic N) is 10. The van der Waals surface area contributed by atoms with Crippen molar-refractivity contribution in [1.82, 2.24) is 48.5 Å². The Morgan fingerprint density at radius 1 is 0.783 bits per heavy atom. The highest BCUT2D eigenvalue weighted by Gasteiger charge is 2.26. The van der Waals surface area contributed by atoms with E-state index in [0.29, 0.717) is 58.6 Å². The fourth-order valence-electron chi connectivity index (χ4n) is 7.91. The van der Waals surface area contributed by atoms with Crippen molar-refractivity contribution in [3.8, 4) is 11.5 Å². The molecule has 0 fully saturated rings. The predicted molar refractivity (Wildman–Crippen MR) is 250 cm³/mol. The van der Waals surface area contributed by atoms with Gasteiger partial charge in [0, 0.05) is 70.5 Å². The number of carbonyl (C=O) groups excluding carboxylic acids is 6. The normalized spacial score (nSPS) is 12.5. The average Bonchev–Trinajstić information content (AvgIpc) is 4.14. The smallest absolute Gasteiger partial charge is 0.335 e. The molecule has 5 N–H and O–H groups in total. The Morgan fingerprint density at radius 3 is 1.78 bits per heavy atom. The number of carboxylic acids is 1. The van der Waals surface area contributed by atoms with Crippen LogP contribution in [0.4, 0.5) is 11.9 Å². The molecule has 2 aromatic carbocycles. The Bertz CT molecular complexity index is 3080. The molecule has 0 saturated carbocycles. The summed E-state index contributed by atoms with van der Waals surface area (Å²) >= 11 is 0. The molecular formula is C46H51N13O10. The number of aryl methyl sites for hydroxylation is 4. The lowest BCUT2D eigenvalue weighted by Gasteiger charge is -2.19. The minimum atomic E-state index is -1.25. The zero-order valence-corrected chi connectivity index (χ0v) is 38.8. The molecule has 5 heterocycles. The van der Waals surface area contributed by atoms with Gasteiger partial charge in [0.05, 0.1) is 42.7 Å². The summed E-state index contributed by atoms with van der Waals surface area (Å²) in [4.78, 5) is 101. The number of methoxy groups -OCH3 is 1. The molecule has 0 atom stereocenters. The standard InChI is InChI=1S/C46H51N13O10/c1-7-58-37(26(3)24-48-58)42(64)52-45-50-30-20-28(41(47)63)22-32(68-6)39(30)56(45)16-9-10-17-57-40-31(51-46(57)53-43(65)38-27(4)25-49-59(38)8-2)21-29(44(66)67)23-33(40)69-19-11-15-54(5)34(60)14-18-55-35(61)12-13-36(55)62/h9-10,12-13,20-25H,7-8,11,14-19H2,1-6H3,(H2,47,63)(H,66,67)(H,50,52,64)(H,51,53,65)/b10-9+. The second-order valence-electron chi connectivity index (χ2n) is 15.9. The van der Waals surface area contributed by atoms with Gasteiger partial charge < -0.3 is 34.3 Å². The molecular weight excluding hydrogens is 895 g/mol. The van der Waals surface area contributed by atoms with Crippen LogP contribution in [0.25, 0.3) is 22.1 Å². The molecule has 69 heavy (non-hydrogen) atoms. The van der Waals surface area contributed by atoms with Gasteiger partial charge in [-0.2, -0.15) is 10.2 Å². The maximum atomic E-state index is 13.9. The van der Waals surface area contributed by atoms with Gasteiger partial charge >= 0.3 is 5.97 Å². The third-order valence-corrected chi connectivity index (χ3v) is 11.4. The summed E-state index contributed by atoms with van der Waals surface area (Å²) in [5.41, 5.74) is 8.88. The summed E-state index contributed by atoms with van der Waals surface area (Å²) < 4.78 is 18.4. The Morgan fingerprint density at radius 2 is 1.29 bits per heavy atom. The molecule has 0 radical (unpaired) electrons. The first-order valence-corrected chi connectivity index (χ1v) is 21.9. The van der Waals surface area contributed by atoms with Gasteiger partial charge in [-0.1, -0.05) is 12.2 Å². The summed E-state index contributed by atoms with van der Waals surface area (Å²) in [7, 11) is 3.01. The molecule has 1 aliphatic heterocycles. The third-order valence-electron chi connectivity index (χ3n) is 11.4. The Labute approximate surface area is 394 Å². The number of fused-ring (bicyclic) bond motifs is 2. The fraction of sp³-hybridized carbons (Fsp3) is 0.326. The maximum Gasteiger partial charge on any atom is 0.335 e. The van der Waals surface area contributed by atoms with Crippen molar-refractivity contribution < 1.29 is 48.1 Å². The molecule has 0 bridgehead atoms. The van der Waals surface area contributed by atoms with Crippen molar-refractivity contribution in [2.24, 2.45) is 5.73 Å². The van der Waals surface area contributed by atoms with Gasteiger partial charge in [-0.05, 0) is 69.5 Å². The number of imidazole rings is 2. The summed E-state index contributed by atoms with van der Waals surface area (Å²) in [6.45, 7) is 8.41. The predicted octanol–water partition coefficient (Wildman–Crippen LogP) is 3.54. The number of nitrogens with one attached hydrogen (secondary N) is 2. The minimum absolute atomic E-state index is 0.0282. The molecule has 360 valence electrons. The van der Waals surface area contributed by atoms with Crippen molar-refractivity contribution in [2.75, 3.05) is 44.5 Å². The van der Waals surface area contributed by atoms with Gasteiger partial charge in [0.2, 0.25) is 23.7 Å². The Kier molecular flexibility index (Phi) is 14.3. The van der Waals surface area contributed by atoms with E-state index in [2.05, 4.69) is 25.8 Å². The van der Waals surface area contributed by atoms with E-state index in [4.69, 9.17) is 20.2 Å². The molecule has 1 aliphatic rings. The van der Waals surface area contributed by atoms with Crippen molar-refractivity contribution >= 4 is 75.4 Å². The van der Waals surface area contributed by atoms with E-state index in [1.807, 2.05) is 13.8 Å². The number of aromatic carboxylic acids is 1. The van der Waals surface area contributed by atoms with E-state index in [0.717, 1.165) is 17.1 Å². The number of amides is 6. The van der Waals surface area contributed by atoms with Crippen molar-refractivity contribution in [1.29, 1.82) is 0 Å². The molecule has 23 nitrogen and oxygen atoms in total. The molecule has 0 spiro atoms. The van der Waals surface area contributed by atoms with Gasteiger partial charge in [0.25, 0.3) is 23.6 Å². The summed E-state index contributed by atoms with van der Waals surface area (Å²) in [5.74, 6) is -3.59. The Hall–Kier alpha value is -8.63. The number of ether oxygens (including phenoxy) is 2. The number of rotatable bonds is 21. The molecule has 23 heteroatoms. The molecule has 4 aromatic heterocycles. The summed E-state index contributed by atoms with van der Waals surface area (Å²) in [6.07, 6.45) is 9.26. The topological polar surface area (TPSA) is 286 Å². The molecule has 0 saturated heterocycles. The van der Waals surface area contributed by atoms with Crippen LogP contribution in [0.2, 0.25) is 0 Å². The van der Waals surface area contributed by atoms with Crippen LogP contribution < -0.4 is 25.8 Å². The number of hydrogen-bond acceptors (Lipinski definition) is 13. The van der Waals surface area contributed by atoms with E-state index in [1.54, 1.807) is 63.9 Å². The number of benzene rings is 2. The second kappa shape index (κ2) is 20.5. The van der Waals surface area contributed by atoms with E-state index in [-0.39, 0.29) is 85.2 Å². The van der Waals surface area contributed by atoms with Gasteiger partial charge in [0.1, 0.15) is 33.9 Å². The van der Waals surface area contributed by atoms with Gasteiger partial charge in [-0.3, -0.25) is 53.7 Å². The number of allylic oxidation sites excluding steroid dienone is 2. The number of carboxylic acid groups (broad SMARTS) is 1. The van der Waals surface area contributed by atoms with Crippen LogP contribution in [0.1, 0.15) is 79.5 Å². The quantitative estimate of drug-likeness (QED) is 0.0456. The van der Waals surface area contributed by atoms with Crippen molar-refractivity contribution in [3.05, 3.63) is 94.6 Å². The highest BCUT2D eigenvalue weighted by molar-refractivity contribution is 6.13. The third kappa shape index (κ3) is 10.1. The molecule has 6 aromatic rings. The fourth-order valence-corrected chi connectivity index (χ4v) is 7.91. The number of hydrogen-bond donors (Lipinski definition) is 4. The largest absolute Gasteiger partial charge is 0.494 e. The Balaban J connectivity index is 1.20. The van der Waals surface area contributed by atoms with E-state index in [1.165, 1.54) is 36.3 Å². The molecule has 0 aliphatic carbocycles. The average molecular weight is 946 g/mol. The first-order chi connectivity index (χ1) is 33.0. The number of aromatic nitrogens is 8. The summed E-state index contributed by atoms with van der Waals surface area (Å²) in [5, 5.41) is 24.5. The van der Waals surface area contributed by atoms with Crippen LogP contribution in [-0.4, -0.2) is 129 Å². The van der Waals surface area contributed by atoms with E-state index in [9.17, 15) is 38.7 Å². The summed E-state index contributed by atoms with van der Waals surface area (Å²) in [6, 6.07) is 5.70. The highest BCUT2D eigenvalue weighted by Crippen LogP contribution is 2.33. The van der Waals surface area contributed by atoms with Crippen LogP contribution in [0.3, 0.4) is 0 Å². The van der Waals surface area contributed by atoms with Crippen LogP contribution >= 0.6 is 0 Å². The highest BCUT2D eigenvalue weighted by atomic mass is 16.5. The SMILES string of the molecule is CCn1ncc(C)c1C(=O)Nc1nc2cc(C(N)=O)cc(OC)c2n1C/C=C/Cn1c(NC(=O)c2c(C)cnn2CC)nc2cc(C(=O)O)cc(OCCCN(C)C(=O)CCN3C(=O)C=CC3=O)c21. The first kappa shape index (κ1) is 48.3. The molecule has 6 amide bonds. The van der Waals surface area contributed by atoms with Crippen molar-refractivity contribution in [2.45, 2.75) is 66.7 Å². The second-order valence-corrected chi connectivity index (χ2v) is 15.9. The van der Waals surface area contributed by atoms with E-state index >= 15 is 0 Å². The lowest BCUT2D eigenvalue weighted by molar-refractivity contribution is -0.138. The number of nitrogens with two attached hydrogens (primary N) is 1. The lowest BCUT2D eigenvalue weighted by Crippen LogP contribution is -2.36. The maximum absolute atomic E-state index is 13.9. The van der Waals surface area contributed by atoms with Crippen LogP contribution in [-0.2, 0) is 40.6 Å². The molecule has 7 rings (SSSR count).